The van der Waals surface area contributed by atoms with Crippen molar-refractivity contribution < 1.29 is 8.76 Å². The standard InChI is InChI=1S/C23H40N2O2S2/c1-2-3-4-5-6-7-8-9-10-11-12-13-14-15-22(29(26)27)20-16-18-21(19-17-20)25-23(24)28/h16-19,22H,2-15H2,1H3,(H,26,27)(H3,24,25,28)/p-1. The van der Waals surface area contributed by atoms with Gasteiger partial charge in [-0.05, 0) is 47.4 Å². The van der Waals surface area contributed by atoms with E-state index in [9.17, 15) is 8.76 Å². The van der Waals surface area contributed by atoms with Gasteiger partial charge in [-0.3, -0.25) is 4.21 Å². The van der Waals surface area contributed by atoms with Crippen molar-refractivity contribution in [3.05, 3.63) is 29.8 Å². The zero-order chi connectivity index (χ0) is 21.3. The second kappa shape index (κ2) is 16.8. The summed E-state index contributed by atoms with van der Waals surface area (Å²) >= 11 is 2.70. The minimum absolute atomic E-state index is 0.202. The highest BCUT2D eigenvalue weighted by Crippen LogP contribution is 2.27. The van der Waals surface area contributed by atoms with Gasteiger partial charge in [0.25, 0.3) is 0 Å². The molecular weight excluding hydrogens is 400 g/mol. The molecule has 1 rings (SSSR count). The Bertz CT molecular complexity index is 579. The molecule has 0 aliphatic carbocycles. The fourth-order valence-electron chi connectivity index (χ4n) is 3.64. The molecule has 0 spiro atoms. The number of benzene rings is 1. The van der Waals surface area contributed by atoms with Gasteiger partial charge in [-0.25, -0.2) is 0 Å². The first-order valence-corrected chi connectivity index (χ1v) is 12.8. The zero-order valence-corrected chi connectivity index (χ0v) is 19.6. The quantitative estimate of drug-likeness (QED) is 0.159. The van der Waals surface area contributed by atoms with Crippen molar-refractivity contribution in [3.8, 4) is 0 Å². The topological polar surface area (TPSA) is 78.2 Å². The van der Waals surface area contributed by atoms with Gasteiger partial charge < -0.3 is 15.6 Å². The maximum atomic E-state index is 11.7. The number of anilines is 1. The molecular formula is C23H39N2O2S2-. The Balaban J connectivity index is 2.13. The van der Waals surface area contributed by atoms with E-state index < -0.39 is 16.3 Å². The average molecular weight is 440 g/mol. The predicted octanol–water partition coefficient (Wildman–Crippen LogP) is 6.74. The lowest BCUT2D eigenvalue weighted by molar-refractivity contribution is 0.505. The van der Waals surface area contributed by atoms with E-state index in [0.29, 0.717) is 6.42 Å². The van der Waals surface area contributed by atoms with Crippen molar-refractivity contribution >= 4 is 34.1 Å². The van der Waals surface area contributed by atoms with Crippen LogP contribution in [0.5, 0.6) is 0 Å². The lowest BCUT2D eigenvalue weighted by Crippen LogP contribution is -2.18. The van der Waals surface area contributed by atoms with Gasteiger partial charge in [0, 0.05) is 10.9 Å². The van der Waals surface area contributed by atoms with Gasteiger partial charge in [0.2, 0.25) is 0 Å². The minimum Gasteiger partial charge on any atom is -0.772 e. The first kappa shape index (κ1) is 26.1. The Morgan fingerprint density at radius 1 is 0.931 bits per heavy atom. The summed E-state index contributed by atoms with van der Waals surface area (Å²) in [5.74, 6) is 0. The third kappa shape index (κ3) is 13.0. The summed E-state index contributed by atoms with van der Waals surface area (Å²) in [7, 11) is 0. The van der Waals surface area contributed by atoms with E-state index in [-0.39, 0.29) is 5.11 Å². The summed E-state index contributed by atoms with van der Waals surface area (Å²) in [6.45, 7) is 2.26. The van der Waals surface area contributed by atoms with Crippen LogP contribution in [0.3, 0.4) is 0 Å². The second-order valence-electron chi connectivity index (χ2n) is 7.89. The number of nitrogens with two attached hydrogens (primary N) is 1. The molecule has 0 fully saturated rings. The summed E-state index contributed by atoms with van der Waals surface area (Å²) in [6, 6.07) is 7.31. The number of unbranched alkanes of at least 4 members (excludes halogenated alkanes) is 12. The highest BCUT2D eigenvalue weighted by atomic mass is 32.2. The highest BCUT2D eigenvalue weighted by Gasteiger charge is 2.12. The maximum absolute atomic E-state index is 11.7. The Morgan fingerprint density at radius 3 is 1.79 bits per heavy atom. The first-order valence-electron chi connectivity index (χ1n) is 11.3. The summed E-state index contributed by atoms with van der Waals surface area (Å²) in [5, 5.41) is 2.61. The van der Waals surface area contributed by atoms with E-state index in [1.165, 1.54) is 70.6 Å². The first-order chi connectivity index (χ1) is 14.0. The molecule has 29 heavy (non-hydrogen) atoms. The molecule has 2 atom stereocenters. The van der Waals surface area contributed by atoms with Gasteiger partial charge >= 0.3 is 0 Å². The monoisotopic (exact) mass is 439 g/mol. The highest BCUT2D eigenvalue weighted by molar-refractivity contribution is 7.80. The molecule has 1 aromatic carbocycles. The molecule has 0 aliphatic heterocycles. The van der Waals surface area contributed by atoms with E-state index in [2.05, 4.69) is 12.2 Å². The van der Waals surface area contributed by atoms with Gasteiger partial charge in [0.05, 0.1) is 0 Å². The normalized spacial score (nSPS) is 13.2. The van der Waals surface area contributed by atoms with Crippen molar-refractivity contribution in [2.45, 2.75) is 102 Å². The van der Waals surface area contributed by atoms with Crippen LogP contribution < -0.4 is 11.1 Å². The second-order valence-corrected chi connectivity index (χ2v) is 9.42. The van der Waals surface area contributed by atoms with Crippen LogP contribution in [0, 0.1) is 0 Å². The van der Waals surface area contributed by atoms with Crippen LogP contribution in [-0.4, -0.2) is 13.9 Å². The van der Waals surface area contributed by atoms with Crippen molar-refractivity contribution in [2.75, 3.05) is 5.32 Å². The molecule has 0 radical (unpaired) electrons. The van der Waals surface area contributed by atoms with E-state index in [1.54, 1.807) is 0 Å². The van der Waals surface area contributed by atoms with Crippen LogP contribution in [-0.2, 0) is 11.1 Å². The zero-order valence-electron chi connectivity index (χ0n) is 18.0. The average Bonchev–Trinajstić information content (AvgIpc) is 2.68. The Hall–Kier alpha value is -0.980. The molecule has 0 saturated carbocycles. The molecule has 0 saturated heterocycles. The molecule has 4 nitrogen and oxygen atoms in total. The van der Waals surface area contributed by atoms with Crippen molar-refractivity contribution in [1.82, 2.24) is 0 Å². The van der Waals surface area contributed by atoms with E-state index in [1.807, 2.05) is 24.3 Å². The third-order valence-corrected chi connectivity index (χ3v) is 6.43. The van der Waals surface area contributed by atoms with Gasteiger partial charge in [-0.2, -0.15) is 0 Å². The molecule has 166 valence electrons. The van der Waals surface area contributed by atoms with Crippen LogP contribution in [0.2, 0.25) is 0 Å². The summed E-state index contributed by atoms with van der Waals surface area (Å²) in [4.78, 5) is 0. The van der Waals surface area contributed by atoms with Gasteiger partial charge in [-0.1, -0.05) is 103 Å². The van der Waals surface area contributed by atoms with Crippen LogP contribution in [0.15, 0.2) is 24.3 Å². The van der Waals surface area contributed by atoms with Crippen LogP contribution in [0.4, 0.5) is 5.69 Å². The molecule has 2 unspecified atom stereocenters. The summed E-state index contributed by atoms with van der Waals surface area (Å²) in [6.07, 6.45) is 17.5. The van der Waals surface area contributed by atoms with Crippen molar-refractivity contribution in [1.29, 1.82) is 0 Å². The Labute approximate surface area is 185 Å². The molecule has 0 bridgehead atoms. The number of hydrogen-bond acceptors (Lipinski definition) is 3. The number of rotatable bonds is 17. The van der Waals surface area contributed by atoms with Gasteiger partial charge in [0.15, 0.2) is 5.11 Å². The molecule has 0 aromatic heterocycles. The minimum atomic E-state index is -2.11. The van der Waals surface area contributed by atoms with Crippen molar-refractivity contribution in [3.63, 3.8) is 0 Å². The lowest BCUT2D eigenvalue weighted by Gasteiger charge is -2.20. The number of hydrogen-bond donors (Lipinski definition) is 2. The molecule has 0 aliphatic rings. The van der Waals surface area contributed by atoms with Crippen molar-refractivity contribution in [2.24, 2.45) is 5.73 Å². The van der Waals surface area contributed by atoms with Crippen LogP contribution >= 0.6 is 12.2 Å². The predicted molar refractivity (Wildman–Crippen MR) is 129 cm³/mol. The molecule has 0 amide bonds. The molecule has 6 heteroatoms. The Kier molecular flexibility index (Phi) is 15.1. The third-order valence-electron chi connectivity index (χ3n) is 5.35. The van der Waals surface area contributed by atoms with Crippen LogP contribution in [0.1, 0.15) is 108 Å². The SMILES string of the molecule is CCCCCCCCCCCCCCCC(c1ccc(NC(N)=S)cc1)S(=O)[O-]. The summed E-state index contributed by atoms with van der Waals surface area (Å²) in [5.41, 5.74) is 7.05. The lowest BCUT2D eigenvalue weighted by atomic mass is 10.0. The number of thiocarbonyl (C=S) groups is 1. The fourth-order valence-corrected chi connectivity index (χ4v) is 4.50. The number of nitrogens with one attached hydrogen (secondary N) is 1. The van der Waals surface area contributed by atoms with Gasteiger partial charge in [-0.15, -0.1) is 0 Å². The summed E-state index contributed by atoms with van der Waals surface area (Å²) < 4.78 is 23.3. The molecule has 1 aromatic rings. The maximum Gasteiger partial charge on any atom is 0.168 e. The molecule has 0 heterocycles. The van der Waals surface area contributed by atoms with E-state index in [0.717, 1.165) is 24.1 Å². The van der Waals surface area contributed by atoms with Gasteiger partial charge in [0.1, 0.15) is 0 Å². The smallest absolute Gasteiger partial charge is 0.168 e. The van der Waals surface area contributed by atoms with E-state index in [4.69, 9.17) is 18.0 Å². The Morgan fingerprint density at radius 2 is 1.38 bits per heavy atom. The molecule has 3 N–H and O–H groups in total. The fraction of sp³-hybridized carbons (Fsp3) is 0.696. The largest absolute Gasteiger partial charge is 0.772 e. The van der Waals surface area contributed by atoms with E-state index >= 15 is 0 Å². The van der Waals surface area contributed by atoms with Crippen LogP contribution in [0.25, 0.3) is 0 Å².